The second kappa shape index (κ2) is 3.28. The predicted molar refractivity (Wildman–Crippen MR) is 54.1 cm³/mol. The molecule has 0 radical (unpaired) electrons. The van der Waals surface area contributed by atoms with Gasteiger partial charge in [0.2, 0.25) is 0 Å². The van der Waals surface area contributed by atoms with Gasteiger partial charge < -0.3 is 9.66 Å². The van der Waals surface area contributed by atoms with Gasteiger partial charge in [-0.3, -0.25) is 0 Å². The molecule has 0 bridgehead atoms. The average molecular weight is 192 g/mol. The summed E-state index contributed by atoms with van der Waals surface area (Å²) in [5.41, 5.74) is 0. The van der Waals surface area contributed by atoms with Crippen LogP contribution in [0.25, 0.3) is 10.8 Å². The van der Waals surface area contributed by atoms with Gasteiger partial charge >= 0.3 is 0 Å². The molecule has 0 aliphatic rings. The summed E-state index contributed by atoms with van der Waals surface area (Å²) in [6.07, 6.45) is 0. The third-order valence-corrected chi connectivity index (χ3v) is 2.37. The molecule has 2 aromatic carbocycles. The maximum Gasteiger partial charge on any atom is 0.124 e. The van der Waals surface area contributed by atoms with Crippen LogP contribution in [0.3, 0.4) is 0 Å². The van der Waals surface area contributed by atoms with Crippen molar-refractivity contribution >= 4 is 22.8 Å². The van der Waals surface area contributed by atoms with Crippen molar-refractivity contribution in [3.05, 3.63) is 36.4 Å². The van der Waals surface area contributed by atoms with Crippen molar-refractivity contribution in [3.8, 4) is 5.75 Å². The molecule has 3 heteroatoms. The van der Waals surface area contributed by atoms with Gasteiger partial charge in [-0.25, -0.2) is 0 Å². The average Bonchev–Trinajstić information content (AvgIpc) is 2.18. The summed E-state index contributed by atoms with van der Waals surface area (Å²) < 4.78 is 8.83. The number of fused-ring (bicyclic) bond motifs is 1. The lowest BCUT2D eigenvalue weighted by atomic mass is 10.1. The van der Waals surface area contributed by atoms with Gasteiger partial charge in [-0.05, 0) is 17.5 Å². The topological polar surface area (TPSA) is 40.5 Å². The predicted octanol–water partition coefficient (Wildman–Crippen LogP) is 3.11. The molecule has 2 N–H and O–H groups in total. The van der Waals surface area contributed by atoms with E-state index < -0.39 is 0 Å². The summed E-state index contributed by atoms with van der Waals surface area (Å²) in [6, 6.07) is 10.9. The number of hydrogen-bond donors (Lipinski definition) is 2. The molecule has 0 aromatic heterocycles. The number of aromatic hydroxyl groups is 1. The Morgan fingerprint density at radius 3 is 2.62 bits per heavy atom. The van der Waals surface area contributed by atoms with Crippen molar-refractivity contribution < 1.29 is 9.66 Å². The molecule has 0 heterocycles. The highest BCUT2D eigenvalue weighted by molar-refractivity contribution is 7.93. The van der Waals surface area contributed by atoms with E-state index in [0.717, 1.165) is 10.8 Å². The van der Waals surface area contributed by atoms with Crippen LogP contribution in [0.4, 0.5) is 0 Å². The molecule has 0 saturated carbocycles. The lowest BCUT2D eigenvalue weighted by Crippen LogP contribution is -1.75. The normalized spacial score (nSPS) is 10.5. The quantitative estimate of drug-likeness (QED) is 0.682. The van der Waals surface area contributed by atoms with Crippen LogP contribution in [0.2, 0.25) is 0 Å². The van der Waals surface area contributed by atoms with Crippen LogP contribution in [-0.4, -0.2) is 9.66 Å². The molecule has 0 fully saturated rings. The molecule has 66 valence electrons. The molecule has 0 atom stereocenters. The van der Waals surface area contributed by atoms with Crippen molar-refractivity contribution in [2.75, 3.05) is 0 Å². The number of hydrogen-bond acceptors (Lipinski definition) is 3. The van der Waals surface area contributed by atoms with Crippen molar-refractivity contribution in [3.63, 3.8) is 0 Å². The van der Waals surface area contributed by atoms with E-state index in [9.17, 15) is 5.11 Å². The van der Waals surface area contributed by atoms with Crippen LogP contribution < -0.4 is 0 Å². The number of rotatable bonds is 1. The molecule has 0 amide bonds. The Labute approximate surface area is 80.0 Å². The number of phenols is 1. The minimum atomic E-state index is 0.203. The fourth-order valence-corrected chi connectivity index (χ4v) is 1.66. The highest BCUT2D eigenvalue weighted by Gasteiger charge is 2.01. The Kier molecular flexibility index (Phi) is 2.12. The SMILES string of the molecule is OSc1cc(O)c2ccccc2c1. The summed E-state index contributed by atoms with van der Waals surface area (Å²) >= 11 is 0.638. The van der Waals surface area contributed by atoms with Gasteiger partial charge in [-0.15, -0.1) is 0 Å². The van der Waals surface area contributed by atoms with Gasteiger partial charge in [-0.1, -0.05) is 24.3 Å². The van der Waals surface area contributed by atoms with Crippen LogP contribution in [0.1, 0.15) is 0 Å². The first-order valence-electron chi connectivity index (χ1n) is 3.84. The van der Waals surface area contributed by atoms with Crippen LogP contribution in [-0.2, 0) is 0 Å². The summed E-state index contributed by atoms with van der Waals surface area (Å²) in [7, 11) is 0. The monoisotopic (exact) mass is 192 g/mol. The standard InChI is InChI=1S/C10H8O2S/c11-10-6-8(13-12)5-7-3-1-2-4-9(7)10/h1-6,11-12H. The third kappa shape index (κ3) is 1.48. The maximum atomic E-state index is 9.56. The van der Waals surface area contributed by atoms with Gasteiger partial charge in [0.15, 0.2) is 0 Å². The van der Waals surface area contributed by atoms with Gasteiger partial charge in [0.25, 0.3) is 0 Å². The van der Waals surface area contributed by atoms with E-state index in [2.05, 4.69) is 0 Å². The molecule has 2 rings (SSSR count). The highest BCUT2D eigenvalue weighted by atomic mass is 32.2. The molecular weight excluding hydrogens is 184 g/mol. The fourth-order valence-electron chi connectivity index (χ4n) is 1.32. The van der Waals surface area contributed by atoms with Crippen molar-refractivity contribution in [1.82, 2.24) is 0 Å². The van der Waals surface area contributed by atoms with Gasteiger partial charge in [0, 0.05) is 22.3 Å². The lowest BCUT2D eigenvalue weighted by Gasteiger charge is -2.02. The summed E-state index contributed by atoms with van der Waals surface area (Å²) in [4.78, 5) is 0.649. The van der Waals surface area contributed by atoms with Crippen molar-refractivity contribution in [1.29, 1.82) is 0 Å². The molecule has 2 nitrogen and oxygen atoms in total. The Hall–Kier alpha value is -1.19. The van der Waals surface area contributed by atoms with E-state index in [1.54, 1.807) is 6.07 Å². The zero-order valence-corrected chi connectivity index (χ0v) is 7.58. The Bertz CT molecular complexity index is 440. The summed E-state index contributed by atoms with van der Waals surface area (Å²) in [5, 5.41) is 11.3. The minimum Gasteiger partial charge on any atom is -0.507 e. The van der Waals surface area contributed by atoms with E-state index in [0.29, 0.717) is 16.9 Å². The Morgan fingerprint density at radius 2 is 1.85 bits per heavy atom. The number of phenolic OH excluding ortho intramolecular Hbond substituents is 1. The fraction of sp³-hybridized carbons (Fsp3) is 0. The van der Waals surface area contributed by atoms with Crippen LogP contribution in [0.15, 0.2) is 41.3 Å². The second-order valence-electron chi connectivity index (χ2n) is 2.75. The summed E-state index contributed by atoms with van der Waals surface area (Å²) in [6.45, 7) is 0. The van der Waals surface area contributed by atoms with Crippen LogP contribution in [0.5, 0.6) is 5.75 Å². The number of benzene rings is 2. The van der Waals surface area contributed by atoms with E-state index in [1.165, 1.54) is 0 Å². The zero-order chi connectivity index (χ0) is 9.26. The first-order valence-corrected chi connectivity index (χ1v) is 4.62. The van der Waals surface area contributed by atoms with Gasteiger partial charge in [-0.2, -0.15) is 0 Å². The highest BCUT2D eigenvalue weighted by Crippen LogP contribution is 2.29. The van der Waals surface area contributed by atoms with E-state index in [1.807, 2.05) is 30.3 Å². The first kappa shape index (κ1) is 8.41. The smallest absolute Gasteiger partial charge is 0.124 e. The molecule has 0 aliphatic heterocycles. The minimum absolute atomic E-state index is 0.203. The zero-order valence-electron chi connectivity index (χ0n) is 6.77. The van der Waals surface area contributed by atoms with Crippen LogP contribution >= 0.6 is 12.0 Å². The Morgan fingerprint density at radius 1 is 1.08 bits per heavy atom. The lowest BCUT2D eigenvalue weighted by molar-refractivity contribution is 0.480. The van der Waals surface area contributed by atoms with Crippen LogP contribution in [0, 0.1) is 0 Å². The molecule has 0 unspecified atom stereocenters. The molecule has 2 aromatic rings. The van der Waals surface area contributed by atoms with Gasteiger partial charge in [0.05, 0.1) is 0 Å². The second-order valence-corrected chi connectivity index (χ2v) is 3.41. The maximum absolute atomic E-state index is 9.56. The summed E-state index contributed by atoms with van der Waals surface area (Å²) in [5.74, 6) is 0.203. The molecule has 0 saturated heterocycles. The van der Waals surface area contributed by atoms with E-state index >= 15 is 0 Å². The molecule has 0 aliphatic carbocycles. The molecule has 13 heavy (non-hydrogen) atoms. The first-order chi connectivity index (χ1) is 6.31. The molecule has 0 spiro atoms. The van der Waals surface area contributed by atoms with E-state index in [-0.39, 0.29) is 5.75 Å². The molecular formula is C10H8O2S. The van der Waals surface area contributed by atoms with Gasteiger partial charge in [0.1, 0.15) is 5.75 Å². The Balaban J connectivity index is 2.77. The van der Waals surface area contributed by atoms with E-state index in [4.69, 9.17) is 4.55 Å². The van der Waals surface area contributed by atoms with Crippen molar-refractivity contribution in [2.45, 2.75) is 4.90 Å². The van der Waals surface area contributed by atoms with Crippen molar-refractivity contribution in [2.24, 2.45) is 0 Å². The third-order valence-electron chi connectivity index (χ3n) is 1.92. The largest absolute Gasteiger partial charge is 0.507 e.